The van der Waals surface area contributed by atoms with E-state index in [0.29, 0.717) is 11.1 Å². The molecule has 0 N–H and O–H groups in total. The van der Waals surface area contributed by atoms with Gasteiger partial charge in [0, 0.05) is 12.0 Å². The number of rotatable bonds is 2. The molecule has 1 aliphatic heterocycles. The molecule has 0 saturated carbocycles. The maximum Gasteiger partial charge on any atom is 0.413 e. The van der Waals surface area contributed by atoms with E-state index in [9.17, 15) is 13.2 Å². The van der Waals surface area contributed by atoms with Crippen molar-refractivity contribution in [3.63, 3.8) is 0 Å². The Morgan fingerprint density at radius 1 is 1.13 bits per heavy atom. The highest BCUT2D eigenvalue weighted by atomic mass is 79.9. The molecule has 0 bridgehead atoms. The Kier molecular flexibility index (Phi) is 3.95. The molecule has 1 unspecified atom stereocenters. The van der Waals surface area contributed by atoms with E-state index in [1.807, 2.05) is 19.1 Å². The van der Waals surface area contributed by atoms with Crippen LogP contribution in [0.3, 0.4) is 0 Å². The highest BCUT2D eigenvalue weighted by Crippen LogP contribution is 2.50. The lowest BCUT2D eigenvalue weighted by Crippen LogP contribution is -2.51. The predicted molar refractivity (Wildman–Crippen MR) is 87.8 cm³/mol. The summed E-state index contributed by atoms with van der Waals surface area (Å²) < 4.78 is 46.6. The van der Waals surface area contributed by atoms with E-state index in [0.717, 1.165) is 5.56 Å². The van der Waals surface area contributed by atoms with E-state index in [2.05, 4.69) is 15.9 Å². The normalized spacial score (nSPS) is 22.3. The molecule has 0 aliphatic carbocycles. The van der Waals surface area contributed by atoms with Crippen LogP contribution in [0.1, 0.15) is 24.5 Å². The Morgan fingerprint density at radius 2 is 1.78 bits per heavy atom. The minimum Gasteiger partial charge on any atom is -0.428 e. The summed E-state index contributed by atoms with van der Waals surface area (Å²) in [6, 6.07) is 10.5. The fraction of sp³-hybridized carbons (Fsp3) is 0.333. The van der Waals surface area contributed by atoms with Crippen molar-refractivity contribution < 1.29 is 17.9 Å². The third kappa shape index (κ3) is 2.65. The first-order valence-electron chi connectivity index (χ1n) is 7.41. The molecule has 3 rings (SSSR count). The summed E-state index contributed by atoms with van der Waals surface area (Å²) in [6.07, 6.45) is -3.29. The van der Waals surface area contributed by atoms with Gasteiger partial charge in [-0.1, -0.05) is 64.8 Å². The second-order valence-electron chi connectivity index (χ2n) is 5.90. The van der Waals surface area contributed by atoms with E-state index in [-0.39, 0.29) is 24.2 Å². The average molecular weight is 385 g/mol. The number of benzene rings is 2. The fourth-order valence-corrected chi connectivity index (χ4v) is 3.14. The minimum absolute atomic E-state index is 0.0108. The van der Waals surface area contributed by atoms with Gasteiger partial charge in [-0.05, 0) is 24.5 Å². The van der Waals surface area contributed by atoms with Gasteiger partial charge in [0.15, 0.2) is 11.6 Å². The van der Waals surface area contributed by atoms with Crippen LogP contribution >= 0.6 is 15.9 Å². The van der Waals surface area contributed by atoms with Gasteiger partial charge in [0.05, 0.1) is 0 Å². The molecule has 1 heterocycles. The van der Waals surface area contributed by atoms with Crippen molar-refractivity contribution >= 4 is 15.9 Å². The Bertz CT molecular complexity index is 743. The molecule has 5 heteroatoms. The average Bonchev–Trinajstić information content (AvgIpc) is 2.51. The first-order chi connectivity index (χ1) is 10.8. The molecule has 2 aromatic rings. The summed E-state index contributed by atoms with van der Waals surface area (Å²) >= 11 is 3.08. The topological polar surface area (TPSA) is 9.23 Å². The number of alkyl halides is 3. The number of halogens is 4. The maximum atomic E-state index is 14.8. The fourth-order valence-electron chi connectivity index (χ4n) is 2.76. The molecule has 122 valence electrons. The van der Waals surface area contributed by atoms with Crippen molar-refractivity contribution in [3.8, 4) is 16.9 Å². The summed E-state index contributed by atoms with van der Waals surface area (Å²) in [4.78, 5) is 0. The summed E-state index contributed by atoms with van der Waals surface area (Å²) in [5.41, 5.74) is 2.39. The van der Waals surface area contributed by atoms with E-state index in [1.54, 1.807) is 31.2 Å². The molecule has 1 atom stereocenters. The number of aryl methyl sites for hydroxylation is 1. The lowest BCUT2D eigenvalue weighted by molar-refractivity contribution is -0.209. The molecular weight excluding hydrogens is 369 g/mol. The molecule has 0 aromatic heterocycles. The van der Waals surface area contributed by atoms with Gasteiger partial charge in [-0.25, -0.2) is 4.39 Å². The van der Waals surface area contributed by atoms with E-state index >= 15 is 0 Å². The molecule has 1 aliphatic rings. The van der Waals surface area contributed by atoms with Crippen molar-refractivity contribution in [1.82, 2.24) is 0 Å². The largest absolute Gasteiger partial charge is 0.428 e. The third-order valence-corrected chi connectivity index (χ3v) is 5.63. The number of hydrogen-bond acceptors (Lipinski definition) is 1. The second kappa shape index (κ2) is 5.55. The first-order valence-corrected chi connectivity index (χ1v) is 8.21. The number of ether oxygens (including phenoxy) is 1. The lowest BCUT2D eigenvalue weighted by atomic mass is 9.90. The highest BCUT2D eigenvalue weighted by molar-refractivity contribution is 9.10. The van der Waals surface area contributed by atoms with Crippen LogP contribution in [-0.2, 0) is 6.42 Å². The SMILES string of the molecule is CCC1(Br)Cc2ccc(-c3ccc(C)cc3)c(F)c2OC1(F)F. The smallest absolute Gasteiger partial charge is 0.413 e. The summed E-state index contributed by atoms with van der Waals surface area (Å²) in [5, 5.41) is 0. The summed E-state index contributed by atoms with van der Waals surface area (Å²) in [7, 11) is 0. The molecule has 23 heavy (non-hydrogen) atoms. The Balaban J connectivity index is 2.09. The third-order valence-electron chi connectivity index (χ3n) is 4.32. The second-order valence-corrected chi connectivity index (χ2v) is 7.41. The Morgan fingerprint density at radius 3 is 2.39 bits per heavy atom. The van der Waals surface area contributed by atoms with Gasteiger partial charge in [0.1, 0.15) is 4.32 Å². The standard InChI is InChI=1S/C18H16BrF3O/c1-3-17(19)10-13-8-9-14(12-6-4-11(2)5-7-12)15(20)16(13)23-18(17,21)22/h4-9H,3,10H2,1-2H3. The van der Waals surface area contributed by atoms with Gasteiger partial charge in [-0.2, -0.15) is 8.78 Å². The first kappa shape index (κ1) is 16.4. The Hall–Kier alpha value is -1.49. The van der Waals surface area contributed by atoms with E-state index in [4.69, 9.17) is 4.74 Å². The number of hydrogen-bond donors (Lipinski definition) is 0. The van der Waals surface area contributed by atoms with Gasteiger partial charge in [-0.3, -0.25) is 0 Å². The highest BCUT2D eigenvalue weighted by Gasteiger charge is 2.57. The zero-order valence-electron chi connectivity index (χ0n) is 12.8. The van der Waals surface area contributed by atoms with Crippen molar-refractivity contribution in [3.05, 3.63) is 53.3 Å². The van der Waals surface area contributed by atoms with Crippen molar-refractivity contribution in [2.75, 3.05) is 0 Å². The van der Waals surface area contributed by atoms with Crippen LogP contribution in [0, 0.1) is 12.7 Å². The van der Waals surface area contributed by atoms with Crippen LogP contribution < -0.4 is 4.74 Å². The summed E-state index contributed by atoms with van der Waals surface area (Å²) in [6.45, 7) is 3.57. The predicted octanol–water partition coefficient (Wildman–Crippen LogP) is 5.87. The van der Waals surface area contributed by atoms with Gasteiger partial charge in [0.25, 0.3) is 0 Å². The van der Waals surface area contributed by atoms with Crippen LogP contribution in [0.5, 0.6) is 5.75 Å². The molecule has 1 nitrogen and oxygen atoms in total. The molecule has 0 radical (unpaired) electrons. The van der Waals surface area contributed by atoms with Crippen LogP contribution in [0.2, 0.25) is 0 Å². The van der Waals surface area contributed by atoms with Crippen LogP contribution in [0.15, 0.2) is 36.4 Å². The van der Waals surface area contributed by atoms with E-state index < -0.39 is 16.3 Å². The van der Waals surface area contributed by atoms with Gasteiger partial charge >= 0.3 is 6.11 Å². The molecule has 0 fully saturated rings. The van der Waals surface area contributed by atoms with Gasteiger partial charge in [-0.15, -0.1) is 0 Å². The zero-order chi connectivity index (χ0) is 16.8. The molecule has 0 saturated heterocycles. The van der Waals surface area contributed by atoms with E-state index in [1.165, 1.54) is 0 Å². The quantitative estimate of drug-likeness (QED) is 0.588. The van der Waals surface area contributed by atoms with Crippen molar-refractivity contribution in [1.29, 1.82) is 0 Å². The van der Waals surface area contributed by atoms with Crippen molar-refractivity contribution in [2.24, 2.45) is 0 Å². The minimum atomic E-state index is -3.47. The van der Waals surface area contributed by atoms with Gasteiger partial charge in [0.2, 0.25) is 0 Å². The molecule has 0 amide bonds. The van der Waals surface area contributed by atoms with Gasteiger partial charge < -0.3 is 4.74 Å². The van der Waals surface area contributed by atoms with Crippen molar-refractivity contribution in [2.45, 2.75) is 37.1 Å². The van der Waals surface area contributed by atoms with Crippen LogP contribution in [0.25, 0.3) is 11.1 Å². The van der Waals surface area contributed by atoms with Crippen LogP contribution in [0.4, 0.5) is 13.2 Å². The molecule has 2 aromatic carbocycles. The summed E-state index contributed by atoms with van der Waals surface area (Å²) in [5.74, 6) is -1.09. The zero-order valence-corrected chi connectivity index (χ0v) is 14.4. The number of fused-ring (bicyclic) bond motifs is 1. The molecule has 0 spiro atoms. The lowest BCUT2D eigenvalue weighted by Gasteiger charge is -2.39. The maximum absolute atomic E-state index is 14.8. The Labute approximate surface area is 141 Å². The van der Waals surface area contributed by atoms with Crippen LogP contribution in [-0.4, -0.2) is 10.4 Å². The molecular formula is C18H16BrF3O. The monoisotopic (exact) mass is 384 g/mol.